The van der Waals surface area contributed by atoms with Gasteiger partial charge in [0.2, 0.25) is 5.91 Å². The molecule has 0 heterocycles. The highest BCUT2D eigenvalue weighted by molar-refractivity contribution is 7.98. The van der Waals surface area contributed by atoms with E-state index in [2.05, 4.69) is 29.9 Å². The summed E-state index contributed by atoms with van der Waals surface area (Å²) in [6, 6.07) is 7.97. The van der Waals surface area contributed by atoms with Crippen LogP contribution in [0.5, 0.6) is 0 Å². The largest absolute Gasteiger partial charge is 0.383 e. The SMILES string of the molecule is COCCNCC(=O)Nc1cccc([C@H](C)SC)c1. The van der Waals surface area contributed by atoms with E-state index in [-0.39, 0.29) is 5.91 Å². The maximum atomic E-state index is 11.7. The first-order valence-electron chi connectivity index (χ1n) is 6.29. The van der Waals surface area contributed by atoms with Crippen LogP contribution in [-0.2, 0) is 9.53 Å². The van der Waals surface area contributed by atoms with Crippen LogP contribution in [0.1, 0.15) is 17.7 Å². The molecule has 1 rings (SSSR count). The van der Waals surface area contributed by atoms with E-state index in [1.54, 1.807) is 18.9 Å². The standard InChI is InChI=1S/C14H22N2O2S/c1-11(19-3)12-5-4-6-13(9-12)16-14(17)10-15-7-8-18-2/h4-6,9,11,15H,7-8,10H2,1-3H3,(H,16,17)/t11-/m0/s1. The number of nitrogens with one attached hydrogen (secondary N) is 2. The van der Waals surface area contributed by atoms with E-state index < -0.39 is 0 Å². The van der Waals surface area contributed by atoms with Crippen molar-refractivity contribution in [1.29, 1.82) is 0 Å². The Morgan fingerprint density at radius 3 is 2.95 bits per heavy atom. The van der Waals surface area contributed by atoms with Gasteiger partial charge in [0.1, 0.15) is 0 Å². The first-order chi connectivity index (χ1) is 9.17. The third-order valence-electron chi connectivity index (χ3n) is 2.76. The van der Waals surface area contributed by atoms with Gasteiger partial charge in [0.05, 0.1) is 13.2 Å². The lowest BCUT2D eigenvalue weighted by Crippen LogP contribution is -2.30. The summed E-state index contributed by atoms with van der Waals surface area (Å²) in [6.45, 7) is 3.73. The van der Waals surface area contributed by atoms with Gasteiger partial charge in [-0.25, -0.2) is 0 Å². The predicted octanol–water partition coefficient (Wildman–Crippen LogP) is 2.29. The number of carbonyl (C=O) groups excluding carboxylic acids is 1. The first-order valence-corrected chi connectivity index (χ1v) is 7.58. The topological polar surface area (TPSA) is 50.4 Å². The summed E-state index contributed by atoms with van der Waals surface area (Å²) in [4.78, 5) is 11.7. The van der Waals surface area contributed by atoms with Gasteiger partial charge in [-0.1, -0.05) is 12.1 Å². The molecule has 1 amide bonds. The van der Waals surface area contributed by atoms with Gasteiger partial charge >= 0.3 is 0 Å². The molecule has 0 aliphatic heterocycles. The molecule has 1 atom stereocenters. The van der Waals surface area contributed by atoms with Crippen molar-refractivity contribution in [3.05, 3.63) is 29.8 Å². The summed E-state index contributed by atoms with van der Waals surface area (Å²) >= 11 is 1.79. The van der Waals surface area contributed by atoms with E-state index in [9.17, 15) is 4.79 Å². The molecular weight excluding hydrogens is 260 g/mol. The molecule has 19 heavy (non-hydrogen) atoms. The van der Waals surface area contributed by atoms with E-state index >= 15 is 0 Å². The molecule has 0 unspecified atom stereocenters. The van der Waals surface area contributed by atoms with Crippen LogP contribution >= 0.6 is 11.8 Å². The summed E-state index contributed by atoms with van der Waals surface area (Å²) in [6.07, 6.45) is 2.08. The second-order valence-electron chi connectivity index (χ2n) is 4.22. The van der Waals surface area contributed by atoms with Crippen LogP contribution in [0.25, 0.3) is 0 Å². The van der Waals surface area contributed by atoms with Gasteiger partial charge in [-0.05, 0) is 30.9 Å². The van der Waals surface area contributed by atoms with Crippen LogP contribution in [-0.4, -0.2) is 39.0 Å². The van der Waals surface area contributed by atoms with E-state index in [0.717, 1.165) is 5.69 Å². The molecule has 1 aromatic carbocycles. The van der Waals surface area contributed by atoms with Gasteiger partial charge in [-0.2, -0.15) is 11.8 Å². The number of amides is 1. The Labute approximate surface area is 119 Å². The third kappa shape index (κ3) is 6.09. The number of carbonyl (C=O) groups is 1. The minimum Gasteiger partial charge on any atom is -0.383 e. The molecule has 0 aliphatic rings. The normalized spacial score (nSPS) is 12.2. The summed E-state index contributed by atoms with van der Waals surface area (Å²) in [7, 11) is 1.64. The zero-order chi connectivity index (χ0) is 14.1. The highest BCUT2D eigenvalue weighted by atomic mass is 32.2. The molecule has 0 spiro atoms. The summed E-state index contributed by atoms with van der Waals surface area (Å²) in [5.41, 5.74) is 2.06. The van der Waals surface area contributed by atoms with E-state index in [0.29, 0.717) is 24.9 Å². The average Bonchev–Trinajstić information content (AvgIpc) is 2.43. The summed E-state index contributed by atoms with van der Waals surface area (Å²) < 4.78 is 4.90. The van der Waals surface area contributed by atoms with Crippen molar-refractivity contribution in [2.75, 3.05) is 38.4 Å². The van der Waals surface area contributed by atoms with Crippen molar-refractivity contribution in [2.45, 2.75) is 12.2 Å². The third-order valence-corrected chi connectivity index (χ3v) is 3.74. The van der Waals surface area contributed by atoms with Crippen molar-refractivity contribution in [1.82, 2.24) is 5.32 Å². The van der Waals surface area contributed by atoms with E-state index in [4.69, 9.17) is 4.74 Å². The molecule has 0 radical (unpaired) electrons. The highest BCUT2D eigenvalue weighted by Crippen LogP contribution is 2.27. The van der Waals surface area contributed by atoms with Crippen molar-refractivity contribution < 1.29 is 9.53 Å². The molecule has 1 aromatic rings. The lowest BCUT2D eigenvalue weighted by Gasteiger charge is -2.11. The predicted molar refractivity (Wildman–Crippen MR) is 81.7 cm³/mol. The lowest BCUT2D eigenvalue weighted by molar-refractivity contribution is -0.115. The fourth-order valence-corrected chi connectivity index (χ4v) is 2.01. The number of anilines is 1. The maximum absolute atomic E-state index is 11.7. The molecule has 0 saturated heterocycles. The van der Waals surface area contributed by atoms with Gasteiger partial charge in [0.15, 0.2) is 0 Å². The van der Waals surface area contributed by atoms with Crippen molar-refractivity contribution in [3.8, 4) is 0 Å². The van der Waals surface area contributed by atoms with Crippen molar-refractivity contribution in [3.63, 3.8) is 0 Å². The molecule has 0 aromatic heterocycles. The number of ether oxygens (including phenoxy) is 1. The fourth-order valence-electron chi connectivity index (χ4n) is 1.59. The smallest absolute Gasteiger partial charge is 0.238 e. The summed E-state index contributed by atoms with van der Waals surface area (Å²) in [5, 5.41) is 6.33. The Kier molecular flexibility index (Phi) is 7.55. The number of thioether (sulfide) groups is 1. The van der Waals surface area contributed by atoms with Crippen LogP contribution in [0.4, 0.5) is 5.69 Å². The zero-order valence-corrected chi connectivity index (χ0v) is 12.5. The maximum Gasteiger partial charge on any atom is 0.238 e. The van der Waals surface area contributed by atoms with E-state index in [1.165, 1.54) is 5.56 Å². The average molecular weight is 282 g/mol. The second-order valence-corrected chi connectivity index (χ2v) is 5.40. The molecule has 106 valence electrons. The number of benzene rings is 1. The Morgan fingerprint density at radius 2 is 2.26 bits per heavy atom. The number of methoxy groups -OCH3 is 1. The van der Waals surface area contributed by atoms with E-state index in [1.807, 2.05) is 18.2 Å². The van der Waals surface area contributed by atoms with Crippen molar-refractivity contribution in [2.24, 2.45) is 0 Å². The van der Waals surface area contributed by atoms with Gasteiger partial charge < -0.3 is 15.4 Å². The molecule has 0 fully saturated rings. The fraction of sp³-hybridized carbons (Fsp3) is 0.500. The van der Waals surface area contributed by atoms with Gasteiger partial charge in [-0.3, -0.25) is 4.79 Å². The molecule has 5 heteroatoms. The number of rotatable bonds is 8. The van der Waals surface area contributed by atoms with Gasteiger partial charge in [-0.15, -0.1) is 0 Å². The number of hydrogen-bond acceptors (Lipinski definition) is 4. The quantitative estimate of drug-likeness (QED) is 0.718. The van der Waals surface area contributed by atoms with Crippen LogP contribution in [0, 0.1) is 0 Å². The molecule has 0 bridgehead atoms. The molecule has 4 nitrogen and oxygen atoms in total. The monoisotopic (exact) mass is 282 g/mol. The van der Waals surface area contributed by atoms with Gasteiger partial charge in [0.25, 0.3) is 0 Å². The van der Waals surface area contributed by atoms with Crippen LogP contribution < -0.4 is 10.6 Å². The molecule has 2 N–H and O–H groups in total. The first kappa shape index (κ1) is 16.0. The highest BCUT2D eigenvalue weighted by Gasteiger charge is 2.06. The molecular formula is C14H22N2O2S. The Bertz CT molecular complexity index is 399. The van der Waals surface area contributed by atoms with Gasteiger partial charge in [0, 0.05) is 24.6 Å². The molecule has 0 saturated carbocycles. The zero-order valence-electron chi connectivity index (χ0n) is 11.7. The summed E-state index contributed by atoms with van der Waals surface area (Å²) in [5.74, 6) is -0.0370. The minimum absolute atomic E-state index is 0.0370. The molecule has 0 aliphatic carbocycles. The second kappa shape index (κ2) is 8.96. The van der Waals surface area contributed by atoms with Crippen LogP contribution in [0.3, 0.4) is 0 Å². The Hall–Kier alpha value is -1.04. The minimum atomic E-state index is -0.0370. The van der Waals surface area contributed by atoms with Crippen molar-refractivity contribution >= 4 is 23.4 Å². The van der Waals surface area contributed by atoms with Crippen LogP contribution in [0.15, 0.2) is 24.3 Å². The number of hydrogen-bond donors (Lipinski definition) is 2. The lowest BCUT2D eigenvalue weighted by atomic mass is 10.1. The Morgan fingerprint density at radius 1 is 1.47 bits per heavy atom. The Balaban J connectivity index is 2.45. The van der Waals surface area contributed by atoms with Crippen LogP contribution in [0.2, 0.25) is 0 Å².